The van der Waals surface area contributed by atoms with E-state index in [0.717, 1.165) is 12.5 Å². The van der Waals surface area contributed by atoms with Gasteiger partial charge in [-0.25, -0.2) is 0 Å². The van der Waals surface area contributed by atoms with Crippen molar-refractivity contribution in [1.82, 2.24) is 0 Å². The maximum Gasteiger partial charge on any atom is 0.213 e. The molecule has 0 amide bonds. The molecule has 82 valence electrons. The number of rotatable bonds is 1. The standard InChI is InChI=1S/C13H19OS/c1-13(2,3)11-4-6-12(7-5-11)15-9-8-14-10-15/h4-7H,8-10H2,1-3H3/q+1. The van der Waals surface area contributed by atoms with Gasteiger partial charge in [0.2, 0.25) is 5.94 Å². The molecule has 2 heteroatoms. The van der Waals surface area contributed by atoms with E-state index < -0.39 is 0 Å². The van der Waals surface area contributed by atoms with Gasteiger partial charge in [0.25, 0.3) is 0 Å². The van der Waals surface area contributed by atoms with Gasteiger partial charge in [0.1, 0.15) is 5.75 Å². The lowest BCUT2D eigenvalue weighted by molar-refractivity contribution is 0.217. The Morgan fingerprint density at radius 2 is 1.80 bits per heavy atom. The van der Waals surface area contributed by atoms with Crippen LogP contribution >= 0.6 is 0 Å². The Balaban J connectivity index is 2.16. The van der Waals surface area contributed by atoms with E-state index in [2.05, 4.69) is 45.0 Å². The van der Waals surface area contributed by atoms with Gasteiger partial charge in [-0.05, 0) is 23.1 Å². The van der Waals surface area contributed by atoms with Crippen LogP contribution in [0, 0.1) is 0 Å². The lowest BCUT2D eigenvalue weighted by Gasteiger charge is -2.18. The quantitative estimate of drug-likeness (QED) is 0.665. The first kappa shape index (κ1) is 11.0. The fourth-order valence-electron chi connectivity index (χ4n) is 1.71. The first-order valence-electron chi connectivity index (χ1n) is 5.43. The van der Waals surface area contributed by atoms with Crippen molar-refractivity contribution < 1.29 is 4.74 Å². The summed E-state index contributed by atoms with van der Waals surface area (Å²) in [6, 6.07) is 9.08. The van der Waals surface area contributed by atoms with E-state index in [1.807, 2.05) is 0 Å². The van der Waals surface area contributed by atoms with Crippen LogP contribution in [0.4, 0.5) is 0 Å². The smallest absolute Gasteiger partial charge is 0.213 e. The highest BCUT2D eigenvalue weighted by Gasteiger charge is 2.27. The first-order chi connectivity index (χ1) is 7.07. The average molecular weight is 223 g/mol. The molecule has 0 N–H and O–H groups in total. The molecule has 1 atom stereocenters. The molecule has 15 heavy (non-hydrogen) atoms. The van der Waals surface area contributed by atoms with Crippen LogP contribution in [0.2, 0.25) is 0 Å². The topological polar surface area (TPSA) is 9.23 Å². The van der Waals surface area contributed by atoms with Crippen molar-refractivity contribution in [2.75, 3.05) is 18.3 Å². The molecule has 1 saturated heterocycles. The SMILES string of the molecule is CC(C)(C)c1ccc([S+]2CCOC2)cc1. The summed E-state index contributed by atoms with van der Waals surface area (Å²) in [5.41, 5.74) is 1.67. The molecule has 0 spiro atoms. The minimum Gasteiger partial charge on any atom is -0.331 e. The van der Waals surface area contributed by atoms with Crippen LogP contribution in [0.5, 0.6) is 0 Å². The van der Waals surface area contributed by atoms with Crippen molar-refractivity contribution in [1.29, 1.82) is 0 Å². The fourth-order valence-corrected chi connectivity index (χ4v) is 3.36. The predicted molar refractivity (Wildman–Crippen MR) is 66.5 cm³/mol. The number of benzene rings is 1. The summed E-state index contributed by atoms with van der Waals surface area (Å²) < 4.78 is 5.42. The van der Waals surface area contributed by atoms with Crippen molar-refractivity contribution >= 4 is 10.9 Å². The highest BCUT2D eigenvalue weighted by molar-refractivity contribution is 7.97. The van der Waals surface area contributed by atoms with Crippen molar-refractivity contribution in [3.8, 4) is 0 Å². The van der Waals surface area contributed by atoms with E-state index in [1.165, 1.54) is 16.2 Å². The minimum atomic E-state index is 0.258. The molecule has 0 saturated carbocycles. The Bertz CT molecular complexity index is 317. The molecule has 2 rings (SSSR count). The van der Waals surface area contributed by atoms with Gasteiger partial charge >= 0.3 is 0 Å². The second-order valence-corrected chi connectivity index (χ2v) is 7.10. The molecule has 0 aliphatic carbocycles. The Hall–Kier alpha value is -0.470. The van der Waals surface area contributed by atoms with Crippen LogP contribution < -0.4 is 0 Å². The zero-order valence-electron chi connectivity index (χ0n) is 9.75. The Morgan fingerprint density at radius 1 is 1.13 bits per heavy atom. The van der Waals surface area contributed by atoms with Gasteiger partial charge in [-0.3, -0.25) is 0 Å². The summed E-state index contributed by atoms with van der Waals surface area (Å²) in [5, 5.41) is 0. The van der Waals surface area contributed by atoms with E-state index in [0.29, 0.717) is 10.9 Å². The molecular weight excluding hydrogens is 204 g/mol. The third-order valence-electron chi connectivity index (χ3n) is 2.75. The zero-order valence-corrected chi connectivity index (χ0v) is 10.6. The van der Waals surface area contributed by atoms with Crippen molar-refractivity contribution in [3.05, 3.63) is 29.8 Å². The second-order valence-electron chi connectivity index (χ2n) is 5.00. The van der Waals surface area contributed by atoms with Crippen LogP contribution in [-0.2, 0) is 21.0 Å². The monoisotopic (exact) mass is 223 g/mol. The van der Waals surface area contributed by atoms with E-state index in [1.54, 1.807) is 0 Å². The molecule has 1 aliphatic heterocycles. The maximum absolute atomic E-state index is 5.42. The van der Waals surface area contributed by atoms with E-state index in [9.17, 15) is 0 Å². The van der Waals surface area contributed by atoms with Gasteiger partial charge in [0, 0.05) is 0 Å². The fraction of sp³-hybridized carbons (Fsp3) is 0.538. The van der Waals surface area contributed by atoms with Crippen molar-refractivity contribution in [2.45, 2.75) is 31.1 Å². The summed E-state index contributed by atoms with van der Waals surface area (Å²) >= 11 is 0. The van der Waals surface area contributed by atoms with Gasteiger partial charge in [-0.2, -0.15) is 0 Å². The summed E-state index contributed by atoms with van der Waals surface area (Å²) in [6.45, 7) is 7.69. The van der Waals surface area contributed by atoms with Gasteiger partial charge in [-0.15, -0.1) is 0 Å². The molecule has 1 aromatic carbocycles. The Labute approximate surface area is 95.2 Å². The molecule has 0 aromatic heterocycles. The summed E-state index contributed by atoms with van der Waals surface area (Å²) in [5.74, 6) is 2.13. The van der Waals surface area contributed by atoms with Gasteiger partial charge < -0.3 is 4.74 Å². The van der Waals surface area contributed by atoms with Crippen LogP contribution in [0.25, 0.3) is 0 Å². The minimum absolute atomic E-state index is 0.258. The number of hydrogen-bond donors (Lipinski definition) is 0. The Kier molecular flexibility index (Phi) is 3.08. The van der Waals surface area contributed by atoms with Gasteiger partial charge in [-0.1, -0.05) is 32.9 Å². The normalized spacial score (nSPS) is 21.9. The van der Waals surface area contributed by atoms with E-state index in [-0.39, 0.29) is 5.41 Å². The molecule has 1 aliphatic rings. The highest BCUT2D eigenvalue weighted by atomic mass is 32.2. The average Bonchev–Trinajstić information content (AvgIpc) is 2.69. The number of ether oxygens (including phenoxy) is 1. The second kappa shape index (κ2) is 4.18. The van der Waals surface area contributed by atoms with E-state index in [4.69, 9.17) is 4.74 Å². The largest absolute Gasteiger partial charge is 0.331 e. The molecule has 1 heterocycles. The molecule has 0 radical (unpaired) electrons. The molecule has 1 fully saturated rings. The van der Waals surface area contributed by atoms with Gasteiger partial charge in [0.05, 0.1) is 17.5 Å². The zero-order chi connectivity index (χ0) is 10.9. The first-order valence-corrected chi connectivity index (χ1v) is 6.99. The maximum atomic E-state index is 5.42. The molecule has 0 bridgehead atoms. The third kappa shape index (κ3) is 2.56. The predicted octanol–water partition coefficient (Wildman–Crippen LogP) is 2.95. The molecule has 1 aromatic rings. The van der Waals surface area contributed by atoms with Crippen molar-refractivity contribution in [3.63, 3.8) is 0 Å². The van der Waals surface area contributed by atoms with E-state index >= 15 is 0 Å². The summed E-state index contributed by atoms with van der Waals surface area (Å²) in [7, 11) is 0.352. The lowest BCUT2D eigenvalue weighted by Crippen LogP contribution is -2.11. The van der Waals surface area contributed by atoms with Gasteiger partial charge in [0.15, 0.2) is 4.90 Å². The molecular formula is C13H19OS+. The highest BCUT2D eigenvalue weighted by Crippen LogP contribution is 2.25. The third-order valence-corrected chi connectivity index (χ3v) is 4.80. The summed E-state index contributed by atoms with van der Waals surface area (Å²) in [4.78, 5) is 1.46. The molecule has 1 nitrogen and oxygen atoms in total. The lowest BCUT2D eigenvalue weighted by atomic mass is 9.87. The van der Waals surface area contributed by atoms with Crippen LogP contribution in [0.15, 0.2) is 29.2 Å². The van der Waals surface area contributed by atoms with Crippen LogP contribution in [-0.4, -0.2) is 18.3 Å². The van der Waals surface area contributed by atoms with Crippen LogP contribution in [0.3, 0.4) is 0 Å². The Morgan fingerprint density at radius 3 is 2.27 bits per heavy atom. The van der Waals surface area contributed by atoms with Crippen molar-refractivity contribution in [2.24, 2.45) is 0 Å². The van der Waals surface area contributed by atoms with Crippen LogP contribution in [0.1, 0.15) is 26.3 Å². The molecule has 1 unspecified atom stereocenters. The summed E-state index contributed by atoms with van der Waals surface area (Å²) in [6.07, 6.45) is 0. The number of hydrogen-bond acceptors (Lipinski definition) is 1.